The van der Waals surface area contributed by atoms with Crippen LogP contribution in [0, 0.1) is 0 Å². The summed E-state index contributed by atoms with van der Waals surface area (Å²) in [5, 5.41) is 4.78. The summed E-state index contributed by atoms with van der Waals surface area (Å²) in [5.41, 5.74) is 2.78. The molecule has 3 aromatic rings. The molecule has 1 aliphatic heterocycles. The molecule has 0 spiro atoms. The van der Waals surface area contributed by atoms with Crippen LogP contribution in [0.25, 0.3) is 16.9 Å². The number of aromatic nitrogens is 4. The van der Waals surface area contributed by atoms with Crippen molar-refractivity contribution in [3.63, 3.8) is 0 Å². The minimum absolute atomic E-state index is 0.736. The average Bonchev–Trinajstić information content (AvgIpc) is 3.06. The van der Waals surface area contributed by atoms with E-state index in [0.717, 1.165) is 54.8 Å². The summed E-state index contributed by atoms with van der Waals surface area (Å²) in [6, 6.07) is 8.03. The number of ether oxygens (including phenoxy) is 1. The molecule has 1 saturated heterocycles. The predicted octanol–water partition coefficient (Wildman–Crippen LogP) is 1.69. The molecule has 0 aliphatic carbocycles. The van der Waals surface area contributed by atoms with Crippen LogP contribution in [-0.2, 0) is 4.74 Å². The summed E-state index contributed by atoms with van der Waals surface area (Å²) >= 11 is 0. The van der Waals surface area contributed by atoms with E-state index in [2.05, 4.69) is 16.0 Å². The number of morpholine rings is 1. The van der Waals surface area contributed by atoms with E-state index < -0.39 is 0 Å². The smallest absolute Gasteiger partial charge is 0.160 e. The number of hydrogen-bond acceptors (Lipinski definition) is 6. The minimum atomic E-state index is 0.736. The first-order chi connectivity index (χ1) is 11.7. The van der Waals surface area contributed by atoms with Gasteiger partial charge in [-0.15, -0.1) is 0 Å². The van der Waals surface area contributed by atoms with Crippen molar-refractivity contribution in [2.24, 2.45) is 0 Å². The van der Waals surface area contributed by atoms with Gasteiger partial charge in [0.05, 0.1) is 18.9 Å². The van der Waals surface area contributed by atoms with Crippen LogP contribution in [0.4, 0.5) is 11.6 Å². The summed E-state index contributed by atoms with van der Waals surface area (Å²) in [6.45, 7) is 3.19. The average molecular weight is 324 g/mol. The van der Waals surface area contributed by atoms with Gasteiger partial charge >= 0.3 is 0 Å². The van der Waals surface area contributed by atoms with Crippen LogP contribution in [0.1, 0.15) is 0 Å². The second-order valence-electron chi connectivity index (χ2n) is 6.00. The Morgan fingerprint density at radius 1 is 1.08 bits per heavy atom. The zero-order valence-electron chi connectivity index (χ0n) is 13.9. The fraction of sp³-hybridized carbons (Fsp3) is 0.353. The quantitative estimate of drug-likeness (QED) is 0.731. The van der Waals surface area contributed by atoms with Gasteiger partial charge in [-0.3, -0.25) is 4.98 Å². The van der Waals surface area contributed by atoms with E-state index in [1.54, 1.807) is 12.4 Å². The first kappa shape index (κ1) is 14.9. The third-order valence-electron chi connectivity index (χ3n) is 4.16. The molecule has 0 amide bonds. The van der Waals surface area contributed by atoms with Gasteiger partial charge in [0, 0.05) is 57.3 Å². The van der Waals surface area contributed by atoms with Gasteiger partial charge in [-0.25, -0.2) is 4.98 Å². The van der Waals surface area contributed by atoms with Gasteiger partial charge in [0.25, 0.3) is 0 Å². The van der Waals surface area contributed by atoms with E-state index >= 15 is 0 Å². The van der Waals surface area contributed by atoms with Gasteiger partial charge in [-0.1, -0.05) is 0 Å². The van der Waals surface area contributed by atoms with Crippen molar-refractivity contribution in [2.75, 3.05) is 50.2 Å². The maximum atomic E-state index is 5.48. The van der Waals surface area contributed by atoms with E-state index in [1.165, 1.54) is 0 Å². The lowest BCUT2D eigenvalue weighted by Crippen LogP contribution is -2.37. The number of rotatable bonds is 3. The van der Waals surface area contributed by atoms with Crippen LogP contribution in [-0.4, -0.2) is 60.0 Å². The lowest BCUT2D eigenvalue weighted by atomic mass is 10.2. The Bertz CT molecular complexity index is 839. The van der Waals surface area contributed by atoms with Crippen LogP contribution in [0.15, 0.2) is 36.7 Å². The van der Waals surface area contributed by atoms with Crippen LogP contribution < -0.4 is 9.80 Å². The maximum Gasteiger partial charge on any atom is 0.160 e. The minimum Gasteiger partial charge on any atom is -0.378 e. The van der Waals surface area contributed by atoms with E-state index in [1.807, 2.05) is 41.7 Å². The van der Waals surface area contributed by atoms with Gasteiger partial charge in [-0.2, -0.15) is 9.61 Å². The molecular formula is C17H20N6O. The Morgan fingerprint density at radius 2 is 1.83 bits per heavy atom. The second kappa shape index (κ2) is 6.09. The first-order valence-corrected chi connectivity index (χ1v) is 8.03. The Hall–Kier alpha value is -2.67. The largest absolute Gasteiger partial charge is 0.378 e. The van der Waals surface area contributed by atoms with Crippen molar-refractivity contribution in [3.05, 3.63) is 36.7 Å². The Morgan fingerprint density at radius 3 is 2.54 bits per heavy atom. The molecule has 0 saturated carbocycles. The van der Waals surface area contributed by atoms with Crippen molar-refractivity contribution in [1.82, 2.24) is 19.6 Å². The van der Waals surface area contributed by atoms with Gasteiger partial charge in [0.1, 0.15) is 11.6 Å². The van der Waals surface area contributed by atoms with E-state index in [9.17, 15) is 0 Å². The molecule has 1 aliphatic rings. The molecule has 124 valence electrons. The highest BCUT2D eigenvalue weighted by atomic mass is 16.5. The normalized spacial score (nSPS) is 15.0. The number of hydrogen-bond donors (Lipinski definition) is 0. The summed E-state index contributed by atoms with van der Waals surface area (Å²) in [5.74, 6) is 1.97. The highest BCUT2D eigenvalue weighted by Gasteiger charge is 2.18. The van der Waals surface area contributed by atoms with E-state index in [4.69, 9.17) is 14.8 Å². The van der Waals surface area contributed by atoms with Crippen molar-refractivity contribution < 1.29 is 4.74 Å². The number of pyridine rings is 1. The van der Waals surface area contributed by atoms with Gasteiger partial charge in [-0.05, 0) is 12.1 Å². The SMILES string of the molecule is CN(C)c1cc(N2CCOCC2)n2nc(-c3ccncc3)cc2n1. The molecule has 7 heteroatoms. The summed E-state index contributed by atoms with van der Waals surface area (Å²) in [7, 11) is 4.00. The van der Waals surface area contributed by atoms with Crippen molar-refractivity contribution in [2.45, 2.75) is 0 Å². The maximum absolute atomic E-state index is 5.48. The van der Waals surface area contributed by atoms with Crippen molar-refractivity contribution in [1.29, 1.82) is 0 Å². The van der Waals surface area contributed by atoms with Crippen molar-refractivity contribution in [3.8, 4) is 11.3 Å². The van der Waals surface area contributed by atoms with Gasteiger partial charge < -0.3 is 14.5 Å². The van der Waals surface area contributed by atoms with E-state index in [0.29, 0.717) is 0 Å². The Kier molecular flexibility index (Phi) is 3.78. The molecule has 4 heterocycles. The molecule has 0 bridgehead atoms. The topological polar surface area (TPSA) is 58.8 Å². The molecule has 7 nitrogen and oxygen atoms in total. The molecule has 0 unspecified atom stereocenters. The molecule has 0 radical (unpaired) electrons. The summed E-state index contributed by atoms with van der Waals surface area (Å²) < 4.78 is 7.41. The first-order valence-electron chi connectivity index (χ1n) is 8.03. The Labute approximate surface area is 140 Å². The summed E-state index contributed by atoms with van der Waals surface area (Å²) in [4.78, 5) is 13.1. The number of fused-ring (bicyclic) bond motifs is 1. The molecule has 0 atom stereocenters. The highest BCUT2D eigenvalue weighted by Crippen LogP contribution is 2.26. The molecule has 0 aromatic carbocycles. The molecule has 4 rings (SSSR count). The monoisotopic (exact) mass is 324 g/mol. The lowest BCUT2D eigenvalue weighted by molar-refractivity contribution is 0.122. The van der Waals surface area contributed by atoms with Crippen LogP contribution in [0.3, 0.4) is 0 Å². The number of anilines is 2. The lowest BCUT2D eigenvalue weighted by Gasteiger charge is -2.29. The van der Waals surface area contributed by atoms with Crippen molar-refractivity contribution >= 4 is 17.3 Å². The molecule has 24 heavy (non-hydrogen) atoms. The zero-order chi connectivity index (χ0) is 16.5. The fourth-order valence-corrected chi connectivity index (χ4v) is 2.86. The second-order valence-corrected chi connectivity index (χ2v) is 6.00. The molecular weight excluding hydrogens is 304 g/mol. The third-order valence-corrected chi connectivity index (χ3v) is 4.16. The molecule has 0 N–H and O–H groups in total. The van der Waals surface area contributed by atoms with Gasteiger partial charge in [0.15, 0.2) is 5.65 Å². The zero-order valence-corrected chi connectivity index (χ0v) is 13.9. The summed E-state index contributed by atoms with van der Waals surface area (Å²) in [6.07, 6.45) is 3.56. The third kappa shape index (κ3) is 2.67. The molecule has 3 aromatic heterocycles. The Balaban J connectivity index is 1.87. The predicted molar refractivity (Wildman–Crippen MR) is 93.6 cm³/mol. The fourth-order valence-electron chi connectivity index (χ4n) is 2.86. The highest BCUT2D eigenvalue weighted by molar-refractivity contribution is 5.67. The van der Waals surface area contributed by atoms with Crippen LogP contribution in [0.5, 0.6) is 0 Å². The number of nitrogens with zero attached hydrogens (tertiary/aromatic N) is 6. The van der Waals surface area contributed by atoms with Crippen LogP contribution >= 0.6 is 0 Å². The van der Waals surface area contributed by atoms with E-state index in [-0.39, 0.29) is 0 Å². The molecule has 1 fully saturated rings. The van der Waals surface area contributed by atoms with Crippen LogP contribution in [0.2, 0.25) is 0 Å². The standard InChI is InChI=1S/C17H20N6O/c1-21(2)15-12-17(22-7-9-24-10-8-22)23-16(19-15)11-14(20-23)13-3-5-18-6-4-13/h3-6,11-12H,7-10H2,1-2H3. The van der Waals surface area contributed by atoms with Gasteiger partial charge in [0.2, 0.25) is 0 Å².